The summed E-state index contributed by atoms with van der Waals surface area (Å²) in [4.78, 5) is 29.7. The van der Waals surface area contributed by atoms with Crippen molar-refractivity contribution in [3.63, 3.8) is 0 Å². The highest BCUT2D eigenvalue weighted by atomic mass is 16.1. The van der Waals surface area contributed by atoms with Gasteiger partial charge in [0.2, 0.25) is 5.95 Å². The van der Waals surface area contributed by atoms with E-state index in [-0.39, 0.29) is 5.78 Å². The highest BCUT2D eigenvalue weighted by molar-refractivity contribution is 6.04. The molecular formula is C21H19N5O. The molecule has 1 aliphatic rings. The molecule has 1 heterocycles. The second kappa shape index (κ2) is 7.86. The standard InChI is InChI=1S/C21H19N5O/c27-18-13-7-12-17(14-18)23-21-25-19(15-8-3-1-4-9-15)24-20(26-21)22-16-10-5-2-6-11-16/h1-6,8-11H,7,12-14H2,(H,22,24,25,26). The molecule has 2 aromatic carbocycles. The Labute approximate surface area is 157 Å². The summed E-state index contributed by atoms with van der Waals surface area (Å²) in [6.45, 7) is 0. The van der Waals surface area contributed by atoms with E-state index in [0.29, 0.717) is 30.6 Å². The number of hydrogen-bond acceptors (Lipinski definition) is 6. The molecule has 0 aliphatic heterocycles. The topological polar surface area (TPSA) is 80.1 Å². The van der Waals surface area contributed by atoms with Crippen LogP contribution in [0.3, 0.4) is 0 Å². The molecule has 134 valence electrons. The van der Waals surface area contributed by atoms with Crippen LogP contribution in [0.2, 0.25) is 0 Å². The van der Waals surface area contributed by atoms with Crippen LogP contribution in [0.15, 0.2) is 65.7 Å². The summed E-state index contributed by atoms with van der Waals surface area (Å²) in [7, 11) is 0. The minimum atomic E-state index is 0.222. The van der Waals surface area contributed by atoms with Gasteiger partial charge in [0.1, 0.15) is 5.78 Å². The largest absolute Gasteiger partial charge is 0.324 e. The Balaban J connectivity index is 1.72. The predicted octanol–water partition coefficient (Wildman–Crippen LogP) is 4.50. The lowest BCUT2D eigenvalue weighted by Gasteiger charge is -2.12. The Bertz CT molecular complexity index is 970. The molecule has 1 N–H and O–H groups in total. The van der Waals surface area contributed by atoms with E-state index < -0.39 is 0 Å². The molecular weight excluding hydrogens is 338 g/mol. The first-order valence-corrected chi connectivity index (χ1v) is 8.98. The molecule has 3 aromatic rings. The third kappa shape index (κ3) is 4.41. The number of nitrogens with zero attached hydrogens (tertiary/aromatic N) is 4. The second-order valence-corrected chi connectivity index (χ2v) is 6.39. The van der Waals surface area contributed by atoms with Gasteiger partial charge in [0, 0.05) is 29.8 Å². The lowest BCUT2D eigenvalue weighted by Crippen LogP contribution is -2.14. The number of anilines is 2. The molecule has 0 saturated heterocycles. The summed E-state index contributed by atoms with van der Waals surface area (Å²) in [5.41, 5.74) is 2.61. The Kier molecular flexibility index (Phi) is 4.96. The quantitative estimate of drug-likeness (QED) is 0.744. The van der Waals surface area contributed by atoms with Crippen molar-refractivity contribution in [2.75, 3.05) is 5.32 Å². The number of aliphatic imine (C=N–C) groups is 1. The smallest absolute Gasteiger partial charge is 0.254 e. The minimum Gasteiger partial charge on any atom is -0.324 e. The van der Waals surface area contributed by atoms with Gasteiger partial charge in [-0.2, -0.15) is 15.0 Å². The lowest BCUT2D eigenvalue weighted by atomic mass is 9.97. The van der Waals surface area contributed by atoms with Crippen molar-refractivity contribution in [1.29, 1.82) is 0 Å². The van der Waals surface area contributed by atoms with Crippen molar-refractivity contribution in [2.24, 2.45) is 4.99 Å². The molecule has 1 aliphatic carbocycles. The van der Waals surface area contributed by atoms with E-state index in [1.165, 1.54) is 0 Å². The Hall–Kier alpha value is -3.41. The molecule has 0 atom stereocenters. The van der Waals surface area contributed by atoms with E-state index in [1.807, 2.05) is 60.7 Å². The first kappa shape index (κ1) is 17.0. The van der Waals surface area contributed by atoms with Crippen LogP contribution in [0.4, 0.5) is 17.6 Å². The maximum atomic E-state index is 11.7. The fourth-order valence-electron chi connectivity index (χ4n) is 2.97. The first-order valence-electron chi connectivity index (χ1n) is 8.98. The molecule has 0 unspecified atom stereocenters. The normalized spacial score (nSPS) is 15.7. The number of nitrogens with one attached hydrogen (secondary N) is 1. The van der Waals surface area contributed by atoms with Gasteiger partial charge in [0.15, 0.2) is 5.82 Å². The number of aromatic nitrogens is 3. The third-order valence-electron chi connectivity index (χ3n) is 4.27. The molecule has 0 bridgehead atoms. The van der Waals surface area contributed by atoms with Gasteiger partial charge in [-0.25, -0.2) is 4.99 Å². The van der Waals surface area contributed by atoms with Crippen LogP contribution in [0.1, 0.15) is 25.7 Å². The van der Waals surface area contributed by atoms with Crippen molar-refractivity contribution < 1.29 is 4.79 Å². The van der Waals surface area contributed by atoms with Crippen LogP contribution in [0, 0.1) is 0 Å². The zero-order valence-corrected chi connectivity index (χ0v) is 14.8. The maximum absolute atomic E-state index is 11.7. The summed E-state index contributed by atoms with van der Waals surface area (Å²) in [5, 5.41) is 3.20. The van der Waals surface area contributed by atoms with Gasteiger partial charge in [-0.05, 0) is 25.0 Å². The Morgan fingerprint density at radius 1 is 0.852 bits per heavy atom. The monoisotopic (exact) mass is 357 g/mol. The third-order valence-corrected chi connectivity index (χ3v) is 4.27. The van der Waals surface area contributed by atoms with Gasteiger partial charge >= 0.3 is 0 Å². The molecule has 0 amide bonds. The van der Waals surface area contributed by atoms with E-state index in [1.54, 1.807) is 0 Å². The maximum Gasteiger partial charge on any atom is 0.254 e. The predicted molar refractivity (Wildman–Crippen MR) is 106 cm³/mol. The van der Waals surface area contributed by atoms with Crippen molar-refractivity contribution in [1.82, 2.24) is 15.0 Å². The van der Waals surface area contributed by atoms with E-state index in [9.17, 15) is 4.79 Å². The molecule has 0 radical (unpaired) electrons. The lowest BCUT2D eigenvalue weighted by molar-refractivity contribution is -0.118. The first-order chi connectivity index (χ1) is 13.3. The number of benzene rings is 2. The zero-order chi connectivity index (χ0) is 18.5. The summed E-state index contributed by atoms with van der Waals surface area (Å²) in [6, 6.07) is 19.4. The molecule has 4 rings (SSSR count). The molecule has 6 nitrogen and oxygen atoms in total. The summed E-state index contributed by atoms with van der Waals surface area (Å²) in [5.74, 6) is 1.52. The molecule has 1 fully saturated rings. The van der Waals surface area contributed by atoms with Crippen LogP contribution >= 0.6 is 0 Å². The number of carbonyl (C=O) groups is 1. The average Bonchev–Trinajstić information content (AvgIpc) is 2.69. The average molecular weight is 357 g/mol. The molecule has 0 spiro atoms. The summed E-state index contributed by atoms with van der Waals surface area (Å²) in [6.07, 6.45) is 2.66. The van der Waals surface area contributed by atoms with Crippen LogP contribution in [-0.2, 0) is 4.79 Å². The van der Waals surface area contributed by atoms with Crippen LogP contribution < -0.4 is 5.32 Å². The number of hydrogen-bond donors (Lipinski definition) is 1. The number of ketones is 1. The SMILES string of the molecule is O=C1CCCC(=Nc2nc(Nc3ccccc3)nc(-c3ccccc3)n2)C1. The number of rotatable bonds is 4. The minimum absolute atomic E-state index is 0.222. The fraction of sp³-hybridized carbons (Fsp3) is 0.190. The Morgan fingerprint density at radius 3 is 2.33 bits per heavy atom. The van der Waals surface area contributed by atoms with Gasteiger partial charge in [-0.3, -0.25) is 4.79 Å². The van der Waals surface area contributed by atoms with E-state index in [4.69, 9.17) is 0 Å². The van der Waals surface area contributed by atoms with Crippen LogP contribution in [0.25, 0.3) is 11.4 Å². The van der Waals surface area contributed by atoms with E-state index >= 15 is 0 Å². The molecule has 27 heavy (non-hydrogen) atoms. The van der Waals surface area contributed by atoms with Gasteiger partial charge in [-0.15, -0.1) is 0 Å². The van der Waals surface area contributed by atoms with Crippen molar-refractivity contribution in [3.05, 3.63) is 60.7 Å². The zero-order valence-electron chi connectivity index (χ0n) is 14.8. The fourth-order valence-corrected chi connectivity index (χ4v) is 2.97. The number of carbonyl (C=O) groups excluding carboxylic acids is 1. The Morgan fingerprint density at radius 2 is 1.59 bits per heavy atom. The van der Waals surface area contributed by atoms with Crippen molar-refractivity contribution >= 4 is 29.1 Å². The van der Waals surface area contributed by atoms with E-state index in [0.717, 1.165) is 29.8 Å². The molecule has 1 saturated carbocycles. The number of para-hydroxylation sites is 1. The highest BCUT2D eigenvalue weighted by Crippen LogP contribution is 2.22. The van der Waals surface area contributed by atoms with E-state index in [2.05, 4.69) is 25.3 Å². The molecule has 1 aromatic heterocycles. The van der Waals surface area contributed by atoms with Crippen LogP contribution in [-0.4, -0.2) is 26.4 Å². The highest BCUT2D eigenvalue weighted by Gasteiger charge is 2.16. The van der Waals surface area contributed by atoms with Gasteiger partial charge in [-0.1, -0.05) is 48.5 Å². The summed E-state index contributed by atoms with van der Waals surface area (Å²) >= 11 is 0. The molecule has 6 heteroatoms. The van der Waals surface area contributed by atoms with Gasteiger partial charge in [0.05, 0.1) is 0 Å². The van der Waals surface area contributed by atoms with Crippen molar-refractivity contribution in [3.8, 4) is 11.4 Å². The van der Waals surface area contributed by atoms with Gasteiger partial charge in [0.25, 0.3) is 5.95 Å². The number of Topliss-reactive ketones (excluding diaryl/α,β-unsaturated/α-hetero) is 1. The van der Waals surface area contributed by atoms with Crippen LogP contribution in [0.5, 0.6) is 0 Å². The van der Waals surface area contributed by atoms with Gasteiger partial charge < -0.3 is 5.32 Å². The van der Waals surface area contributed by atoms with Crippen molar-refractivity contribution in [2.45, 2.75) is 25.7 Å². The second-order valence-electron chi connectivity index (χ2n) is 6.39. The summed E-state index contributed by atoms with van der Waals surface area (Å²) < 4.78 is 0.